The summed E-state index contributed by atoms with van der Waals surface area (Å²) >= 11 is 6.09. The van der Waals surface area contributed by atoms with Gasteiger partial charge in [0, 0.05) is 12.1 Å². The van der Waals surface area contributed by atoms with E-state index in [-0.39, 0.29) is 22.0 Å². The van der Waals surface area contributed by atoms with Crippen molar-refractivity contribution < 1.29 is 22.4 Å². The molecule has 0 spiro atoms. The smallest absolute Gasteiger partial charge is 0.251 e. The average Bonchev–Trinajstić information content (AvgIpc) is 3.26. The van der Waals surface area contributed by atoms with Crippen LogP contribution in [0.5, 0.6) is 5.75 Å². The van der Waals surface area contributed by atoms with Gasteiger partial charge in [-0.25, -0.2) is 13.1 Å². The maximum Gasteiger partial charge on any atom is 0.251 e. The van der Waals surface area contributed by atoms with Crippen LogP contribution in [0.25, 0.3) is 0 Å². The second kappa shape index (κ2) is 10.00. The zero-order chi connectivity index (χ0) is 22.4. The monoisotopic (exact) mass is 462 g/mol. The molecule has 1 amide bonds. The van der Waals surface area contributed by atoms with Gasteiger partial charge in [-0.05, 0) is 55.3 Å². The number of carbonyl (C=O) groups excluding carboxylic acids is 1. The number of halogens is 1. The van der Waals surface area contributed by atoms with Crippen LogP contribution in [0.2, 0.25) is 5.02 Å². The maximum absolute atomic E-state index is 12.6. The molecule has 0 saturated heterocycles. The van der Waals surface area contributed by atoms with Crippen LogP contribution in [0.15, 0.2) is 64.1 Å². The van der Waals surface area contributed by atoms with Gasteiger partial charge in [-0.3, -0.25) is 4.79 Å². The Balaban J connectivity index is 1.67. The number of hydrogen-bond acceptors (Lipinski definition) is 5. The van der Waals surface area contributed by atoms with Gasteiger partial charge in [0.2, 0.25) is 10.0 Å². The van der Waals surface area contributed by atoms with Gasteiger partial charge in [0.15, 0.2) is 0 Å². The van der Waals surface area contributed by atoms with Gasteiger partial charge in [0.05, 0.1) is 24.9 Å². The lowest BCUT2D eigenvalue weighted by molar-refractivity contribution is 0.0954. The van der Waals surface area contributed by atoms with Crippen LogP contribution >= 0.6 is 11.6 Å². The van der Waals surface area contributed by atoms with Crippen molar-refractivity contribution in [2.45, 2.75) is 24.8 Å². The Morgan fingerprint density at radius 1 is 1.16 bits per heavy atom. The number of amides is 1. The average molecular weight is 463 g/mol. The van der Waals surface area contributed by atoms with Crippen LogP contribution < -0.4 is 14.8 Å². The molecule has 0 saturated carbocycles. The zero-order valence-electron chi connectivity index (χ0n) is 17.1. The Morgan fingerprint density at radius 3 is 2.68 bits per heavy atom. The summed E-state index contributed by atoms with van der Waals surface area (Å²) in [7, 11) is -2.34. The Hall–Kier alpha value is -2.81. The Kier molecular flexibility index (Phi) is 7.37. The fraction of sp³-hybridized carbons (Fsp3) is 0.227. The van der Waals surface area contributed by atoms with Crippen molar-refractivity contribution in [3.8, 4) is 5.75 Å². The standard InChI is InChI=1S/C22H23ClN2O5S/c1-15-5-8-20(29-2)16(12-15)9-10-24-22(26)17-6-7-19(23)21(13-17)31(27,28)25-14-18-4-3-11-30-18/h3-8,11-13,25H,9-10,14H2,1-2H3,(H,24,26). The molecule has 0 aliphatic rings. The van der Waals surface area contributed by atoms with E-state index in [0.717, 1.165) is 16.9 Å². The molecule has 2 N–H and O–H groups in total. The first-order valence-corrected chi connectivity index (χ1v) is 11.4. The topological polar surface area (TPSA) is 97.6 Å². The van der Waals surface area contributed by atoms with E-state index < -0.39 is 15.9 Å². The van der Waals surface area contributed by atoms with E-state index >= 15 is 0 Å². The zero-order valence-corrected chi connectivity index (χ0v) is 18.7. The molecule has 3 rings (SSSR count). The number of methoxy groups -OCH3 is 1. The molecule has 0 bridgehead atoms. The summed E-state index contributed by atoms with van der Waals surface area (Å²) in [5.41, 5.74) is 2.26. The molecule has 1 aromatic heterocycles. The van der Waals surface area contributed by atoms with E-state index in [4.69, 9.17) is 20.8 Å². The van der Waals surface area contributed by atoms with Crippen LogP contribution in [-0.2, 0) is 23.0 Å². The molecular formula is C22H23ClN2O5S. The number of aryl methyl sites for hydroxylation is 1. The first-order chi connectivity index (χ1) is 14.8. The van der Waals surface area contributed by atoms with Gasteiger partial charge in [-0.1, -0.05) is 29.3 Å². The fourth-order valence-corrected chi connectivity index (χ4v) is 4.54. The Labute approximate surface area is 186 Å². The van der Waals surface area contributed by atoms with Crippen LogP contribution in [0, 0.1) is 6.92 Å². The summed E-state index contributed by atoms with van der Waals surface area (Å²) in [4.78, 5) is 12.4. The number of furan rings is 1. The van der Waals surface area contributed by atoms with Gasteiger partial charge in [0.25, 0.3) is 5.91 Å². The van der Waals surface area contributed by atoms with Gasteiger partial charge in [-0.15, -0.1) is 0 Å². The van der Waals surface area contributed by atoms with Crippen LogP contribution in [0.3, 0.4) is 0 Å². The van der Waals surface area contributed by atoms with E-state index in [1.807, 2.05) is 25.1 Å². The van der Waals surface area contributed by atoms with E-state index in [0.29, 0.717) is 18.7 Å². The quantitative estimate of drug-likeness (QED) is 0.505. The molecule has 0 atom stereocenters. The Bertz CT molecular complexity index is 1160. The van der Waals surface area contributed by atoms with Gasteiger partial charge in [-0.2, -0.15) is 0 Å². The second-order valence-electron chi connectivity index (χ2n) is 6.87. The number of sulfonamides is 1. The summed E-state index contributed by atoms with van der Waals surface area (Å²) in [5, 5.41) is 2.82. The third kappa shape index (κ3) is 5.88. The molecule has 164 valence electrons. The molecule has 1 heterocycles. The highest BCUT2D eigenvalue weighted by Gasteiger charge is 2.20. The highest BCUT2D eigenvalue weighted by molar-refractivity contribution is 7.89. The number of rotatable bonds is 9. The lowest BCUT2D eigenvalue weighted by Crippen LogP contribution is -2.27. The number of hydrogen-bond donors (Lipinski definition) is 2. The maximum atomic E-state index is 12.6. The predicted octanol–water partition coefficient (Wildman–Crippen LogP) is 3.70. The molecule has 0 aliphatic heterocycles. The van der Waals surface area contributed by atoms with E-state index in [1.165, 1.54) is 24.5 Å². The van der Waals surface area contributed by atoms with Gasteiger partial charge < -0.3 is 14.5 Å². The van der Waals surface area contributed by atoms with Crippen molar-refractivity contribution in [1.29, 1.82) is 0 Å². The molecule has 31 heavy (non-hydrogen) atoms. The summed E-state index contributed by atoms with van der Waals surface area (Å²) in [5.74, 6) is 0.813. The normalized spacial score (nSPS) is 11.3. The summed E-state index contributed by atoms with van der Waals surface area (Å²) in [6.07, 6.45) is 2.02. The highest BCUT2D eigenvalue weighted by Crippen LogP contribution is 2.23. The molecule has 0 aliphatic carbocycles. The first-order valence-electron chi connectivity index (χ1n) is 9.53. The lowest BCUT2D eigenvalue weighted by atomic mass is 10.1. The molecule has 2 aromatic carbocycles. The predicted molar refractivity (Wildman–Crippen MR) is 118 cm³/mol. The van der Waals surface area contributed by atoms with Crippen molar-refractivity contribution in [3.63, 3.8) is 0 Å². The molecule has 9 heteroatoms. The number of ether oxygens (including phenoxy) is 1. The molecule has 0 fully saturated rings. The van der Waals surface area contributed by atoms with Crippen molar-refractivity contribution >= 4 is 27.5 Å². The SMILES string of the molecule is COc1ccc(C)cc1CCNC(=O)c1ccc(Cl)c(S(=O)(=O)NCc2ccco2)c1. The third-order valence-electron chi connectivity index (χ3n) is 4.62. The number of nitrogens with one attached hydrogen (secondary N) is 2. The number of benzene rings is 2. The van der Waals surface area contributed by atoms with E-state index in [9.17, 15) is 13.2 Å². The van der Waals surface area contributed by atoms with Crippen molar-refractivity contribution in [2.24, 2.45) is 0 Å². The van der Waals surface area contributed by atoms with Crippen molar-refractivity contribution in [2.75, 3.05) is 13.7 Å². The fourth-order valence-electron chi connectivity index (χ4n) is 3.02. The van der Waals surface area contributed by atoms with E-state index in [2.05, 4.69) is 10.0 Å². The molecule has 3 aromatic rings. The minimum absolute atomic E-state index is 0.0213. The largest absolute Gasteiger partial charge is 0.496 e. The summed E-state index contributed by atoms with van der Waals surface area (Å²) in [6, 6.07) is 13.3. The molecule has 0 unspecified atom stereocenters. The minimum Gasteiger partial charge on any atom is -0.496 e. The first kappa shape index (κ1) is 22.9. The van der Waals surface area contributed by atoms with Crippen LogP contribution in [0.1, 0.15) is 27.2 Å². The van der Waals surface area contributed by atoms with Gasteiger partial charge >= 0.3 is 0 Å². The lowest BCUT2D eigenvalue weighted by Gasteiger charge is -2.12. The third-order valence-corrected chi connectivity index (χ3v) is 6.50. The Morgan fingerprint density at radius 2 is 1.97 bits per heavy atom. The summed E-state index contributed by atoms with van der Waals surface area (Å²) < 4.78 is 38.2. The molecule has 7 nitrogen and oxygen atoms in total. The van der Waals surface area contributed by atoms with E-state index in [1.54, 1.807) is 19.2 Å². The number of carbonyl (C=O) groups is 1. The van der Waals surface area contributed by atoms with Gasteiger partial charge in [0.1, 0.15) is 16.4 Å². The van der Waals surface area contributed by atoms with Crippen LogP contribution in [0.4, 0.5) is 0 Å². The van der Waals surface area contributed by atoms with Crippen molar-refractivity contribution in [3.05, 3.63) is 82.3 Å². The van der Waals surface area contributed by atoms with Crippen LogP contribution in [-0.4, -0.2) is 28.0 Å². The summed E-state index contributed by atoms with van der Waals surface area (Å²) in [6.45, 7) is 2.32. The molecular weight excluding hydrogens is 440 g/mol. The second-order valence-corrected chi connectivity index (χ2v) is 9.01. The molecule has 0 radical (unpaired) electrons. The van der Waals surface area contributed by atoms with Crippen molar-refractivity contribution in [1.82, 2.24) is 10.0 Å². The minimum atomic E-state index is -3.94. The highest BCUT2D eigenvalue weighted by atomic mass is 35.5.